The molecule has 0 spiro atoms. The molecule has 6 heteroatoms. The maximum absolute atomic E-state index is 12.2. The number of hydrogen-bond donors (Lipinski definition) is 0. The monoisotopic (exact) mass is 358 g/mol. The molecular weight excluding hydrogens is 340 g/mol. The number of ether oxygens (including phenoxy) is 4. The van der Waals surface area contributed by atoms with Crippen molar-refractivity contribution in [2.24, 2.45) is 0 Å². The zero-order chi connectivity index (χ0) is 15.4. The van der Waals surface area contributed by atoms with Crippen LogP contribution in [-0.4, -0.2) is 51.7 Å². The predicted molar refractivity (Wildman–Crippen MR) is 80.4 cm³/mol. The van der Waals surface area contributed by atoms with Crippen molar-refractivity contribution in [2.45, 2.75) is 30.8 Å². The van der Waals surface area contributed by atoms with Crippen molar-refractivity contribution in [1.82, 2.24) is 0 Å². The lowest BCUT2D eigenvalue weighted by molar-refractivity contribution is -0.0909. The molecule has 0 unspecified atom stereocenters. The number of methoxy groups -OCH3 is 3. The molecule has 0 heterocycles. The van der Waals surface area contributed by atoms with Gasteiger partial charge in [-0.05, 0) is 24.3 Å². The minimum atomic E-state index is -0.388. The molecule has 0 saturated heterocycles. The summed E-state index contributed by atoms with van der Waals surface area (Å²) >= 11 is 3.33. The Labute approximate surface area is 132 Å². The summed E-state index contributed by atoms with van der Waals surface area (Å²) in [4.78, 5) is 12.2. The van der Waals surface area contributed by atoms with Crippen LogP contribution in [0.25, 0.3) is 0 Å². The van der Waals surface area contributed by atoms with Crippen molar-refractivity contribution in [1.29, 1.82) is 0 Å². The van der Waals surface area contributed by atoms with Crippen LogP contribution >= 0.6 is 15.9 Å². The lowest BCUT2D eigenvalue weighted by atomic mass is 10.2. The second kappa shape index (κ2) is 7.35. The number of rotatable bonds is 5. The second-order valence-corrected chi connectivity index (χ2v) is 5.78. The molecule has 0 aliphatic heterocycles. The van der Waals surface area contributed by atoms with Gasteiger partial charge < -0.3 is 18.9 Å². The highest BCUT2D eigenvalue weighted by molar-refractivity contribution is 9.10. The number of hydrogen-bond acceptors (Lipinski definition) is 5. The van der Waals surface area contributed by atoms with Gasteiger partial charge in [-0.25, -0.2) is 4.79 Å². The largest absolute Gasteiger partial charge is 0.456 e. The highest BCUT2D eigenvalue weighted by atomic mass is 79.9. The fraction of sp³-hybridized carbons (Fsp3) is 0.533. The van der Waals surface area contributed by atoms with E-state index in [-0.39, 0.29) is 30.4 Å². The van der Waals surface area contributed by atoms with Gasteiger partial charge in [0.1, 0.15) is 18.3 Å². The zero-order valence-electron chi connectivity index (χ0n) is 12.2. The lowest BCUT2D eigenvalue weighted by Gasteiger charge is -2.23. The molecule has 21 heavy (non-hydrogen) atoms. The molecule has 1 aliphatic rings. The first-order valence-electron chi connectivity index (χ1n) is 6.65. The first-order valence-corrected chi connectivity index (χ1v) is 7.45. The minimum Gasteiger partial charge on any atom is -0.456 e. The molecule has 0 radical (unpaired) electrons. The van der Waals surface area contributed by atoms with E-state index in [9.17, 15) is 4.79 Å². The molecule has 0 aromatic heterocycles. The molecule has 2 rings (SSSR count). The van der Waals surface area contributed by atoms with Crippen LogP contribution in [0.5, 0.6) is 0 Å². The smallest absolute Gasteiger partial charge is 0.338 e. The van der Waals surface area contributed by atoms with E-state index < -0.39 is 0 Å². The highest BCUT2D eigenvalue weighted by Gasteiger charge is 2.46. The fourth-order valence-corrected chi connectivity index (χ4v) is 2.89. The summed E-state index contributed by atoms with van der Waals surface area (Å²) in [5.41, 5.74) is 0.503. The Bertz CT molecular complexity index is 475. The molecule has 0 amide bonds. The third-order valence-electron chi connectivity index (χ3n) is 3.71. The van der Waals surface area contributed by atoms with E-state index in [1.165, 1.54) is 0 Å². The van der Waals surface area contributed by atoms with Gasteiger partial charge in [0.2, 0.25) is 0 Å². The van der Waals surface area contributed by atoms with Gasteiger partial charge in [-0.2, -0.15) is 0 Å². The Hall–Kier alpha value is -0.950. The molecule has 1 aromatic rings. The standard InChI is InChI=1S/C15H19BrO5/c1-18-11-8-12(14(20-3)13(11)19-2)21-15(17)9-4-6-10(16)7-5-9/h4-7,11-14H,8H2,1-3H3/t11-,12-,13-,14-/m1/s1. The molecule has 1 saturated carbocycles. The van der Waals surface area contributed by atoms with E-state index in [4.69, 9.17) is 18.9 Å². The minimum absolute atomic E-state index is 0.150. The third kappa shape index (κ3) is 3.63. The number of esters is 1. The van der Waals surface area contributed by atoms with Crippen LogP contribution < -0.4 is 0 Å². The normalized spacial score (nSPS) is 28.6. The van der Waals surface area contributed by atoms with Crippen molar-refractivity contribution in [2.75, 3.05) is 21.3 Å². The van der Waals surface area contributed by atoms with Crippen LogP contribution in [0.2, 0.25) is 0 Å². The van der Waals surface area contributed by atoms with Crippen LogP contribution in [0, 0.1) is 0 Å². The SMILES string of the molecule is CO[C@H]1[C@H](OC)[C@H](OC(=O)c2ccc(Br)cc2)C[C@H]1OC. The van der Waals surface area contributed by atoms with E-state index in [0.29, 0.717) is 12.0 Å². The first-order chi connectivity index (χ1) is 10.1. The van der Waals surface area contributed by atoms with Gasteiger partial charge in [-0.15, -0.1) is 0 Å². The first kappa shape index (κ1) is 16.4. The van der Waals surface area contributed by atoms with Crippen molar-refractivity contribution in [3.8, 4) is 0 Å². The summed E-state index contributed by atoms with van der Waals surface area (Å²) in [7, 11) is 4.79. The number of halogens is 1. The van der Waals surface area contributed by atoms with Crippen LogP contribution in [0.15, 0.2) is 28.7 Å². The Kier molecular flexibility index (Phi) is 5.75. The Morgan fingerprint density at radius 1 is 1.00 bits per heavy atom. The summed E-state index contributed by atoms with van der Waals surface area (Å²) in [5, 5.41) is 0. The van der Waals surface area contributed by atoms with Crippen LogP contribution in [-0.2, 0) is 18.9 Å². The Morgan fingerprint density at radius 3 is 2.10 bits per heavy atom. The molecule has 5 nitrogen and oxygen atoms in total. The molecule has 0 N–H and O–H groups in total. The summed E-state index contributed by atoms with van der Waals surface area (Å²) in [6.07, 6.45) is -0.568. The molecule has 1 aliphatic carbocycles. The van der Waals surface area contributed by atoms with Gasteiger partial charge in [-0.3, -0.25) is 0 Å². The van der Waals surface area contributed by atoms with Gasteiger partial charge in [0, 0.05) is 32.2 Å². The Balaban J connectivity index is 2.07. The lowest BCUT2D eigenvalue weighted by Crippen LogP contribution is -2.38. The van der Waals surface area contributed by atoms with Gasteiger partial charge in [0.25, 0.3) is 0 Å². The van der Waals surface area contributed by atoms with Crippen molar-refractivity contribution in [3.63, 3.8) is 0 Å². The van der Waals surface area contributed by atoms with Gasteiger partial charge in [-0.1, -0.05) is 15.9 Å². The Morgan fingerprint density at radius 2 is 1.57 bits per heavy atom. The van der Waals surface area contributed by atoms with Crippen molar-refractivity contribution >= 4 is 21.9 Å². The zero-order valence-corrected chi connectivity index (χ0v) is 13.8. The van der Waals surface area contributed by atoms with E-state index in [1.807, 2.05) is 0 Å². The molecule has 1 fully saturated rings. The summed E-state index contributed by atoms with van der Waals surface area (Å²) < 4.78 is 22.7. The summed E-state index contributed by atoms with van der Waals surface area (Å²) in [5.74, 6) is -0.374. The number of benzene rings is 1. The number of carbonyl (C=O) groups excluding carboxylic acids is 1. The van der Waals surface area contributed by atoms with E-state index >= 15 is 0 Å². The molecule has 4 atom stereocenters. The molecule has 116 valence electrons. The molecule has 1 aromatic carbocycles. The topological polar surface area (TPSA) is 54.0 Å². The van der Waals surface area contributed by atoms with Crippen LogP contribution in [0.3, 0.4) is 0 Å². The van der Waals surface area contributed by atoms with E-state index in [2.05, 4.69) is 15.9 Å². The van der Waals surface area contributed by atoms with E-state index in [0.717, 1.165) is 4.47 Å². The summed E-state index contributed by atoms with van der Waals surface area (Å²) in [6.45, 7) is 0. The van der Waals surface area contributed by atoms with E-state index in [1.54, 1.807) is 45.6 Å². The summed E-state index contributed by atoms with van der Waals surface area (Å²) in [6, 6.07) is 7.03. The van der Waals surface area contributed by atoms with Crippen molar-refractivity contribution in [3.05, 3.63) is 34.3 Å². The van der Waals surface area contributed by atoms with Gasteiger partial charge >= 0.3 is 5.97 Å². The maximum atomic E-state index is 12.2. The molecule has 0 bridgehead atoms. The average molecular weight is 359 g/mol. The van der Waals surface area contributed by atoms with Gasteiger partial charge in [0.05, 0.1) is 11.7 Å². The third-order valence-corrected chi connectivity index (χ3v) is 4.24. The van der Waals surface area contributed by atoms with Crippen molar-refractivity contribution < 1.29 is 23.7 Å². The molecular formula is C15H19BrO5. The predicted octanol–water partition coefficient (Wildman–Crippen LogP) is 2.42. The second-order valence-electron chi connectivity index (χ2n) is 4.86. The quantitative estimate of drug-likeness (QED) is 0.756. The van der Waals surface area contributed by atoms with Gasteiger partial charge in [0.15, 0.2) is 0 Å². The highest BCUT2D eigenvalue weighted by Crippen LogP contribution is 2.30. The average Bonchev–Trinajstić information content (AvgIpc) is 2.84. The fourth-order valence-electron chi connectivity index (χ4n) is 2.63. The number of carbonyl (C=O) groups is 1. The van der Waals surface area contributed by atoms with Crippen LogP contribution in [0.4, 0.5) is 0 Å². The maximum Gasteiger partial charge on any atom is 0.338 e. The van der Waals surface area contributed by atoms with Crippen LogP contribution in [0.1, 0.15) is 16.8 Å².